The molecule has 0 saturated carbocycles. The number of H-pyrrole nitrogens is 1. The number of hydrogen-bond donors (Lipinski definition) is 1. The number of carbonyl (C=O) groups excluding carboxylic acids is 2. The molecule has 0 bridgehead atoms. The van der Waals surface area contributed by atoms with E-state index < -0.39 is 0 Å². The summed E-state index contributed by atoms with van der Waals surface area (Å²) in [6, 6.07) is 11.1. The summed E-state index contributed by atoms with van der Waals surface area (Å²) >= 11 is 6.10. The van der Waals surface area contributed by atoms with Gasteiger partial charge < -0.3 is 14.5 Å². The lowest BCUT2D eigenvalue weighted by molar-refractivity contribution is -0.132. The lowest BCUT2D eigenvalue weighted by Gasteiger charge is -2.30. The maximum atomic E-state index is 13.1. The monoisotopic (exact) mass is 483 g/mol. The Kier molecular flexibility index (Phi) is 6.19. The van der Waals surface area contributed by atoms with Crippen molar-refractivity contribution < 1.29 is 18.7 Å². The second-order valence-electron chi connectivity index (χ2n) is 8.38. The molecular formula is C24H23ClFN5O3. The first kappa shape index (κ1) is 22.3. The van der Waals surface area contributed by atoms with Crippen LogP contribution in [0.25, 0.3) is 0 Å². The number of nitrogens with one attached hydrogen (secondary N) is 1. The van der Waals surface area contributed by atoms with Crippen molar-refractivity contribution in [2.24, 2.45) is 0 Å². The zero-order chi connectivity index (χ0) is 23.7. The van der Waals surface area contributed by atoms with Crippen LogP contribution in [0.15, 0.2) is 42.5 Å². The van der Waals surface area contributed by atoms with Crippen LogP contribution in [-0.4, -0.2) is 51.6 Å². The van der Waals surface area contributed by atoms with E-state index >= 15 is 0 Å². The Hall–Kier alpha value is -3.46. The van der Waals surface area contributed by atoms with Gasteiger partial charge in [-0.1, -0.05) is 23.7 Å². The van der Waals surface area contributed by atoms with E-state index in [-0.39, 0.29) is 43.2 Å². The number of amides is 2. The van der Waals surface area contributed by atoms with Crippen LogP contribution in [0.2, 0.25) is 5.02 Å². The molecule has 34 heavy (non-hydrogen) atoms. The first-order chi connectivity index (χ1) is 16.5. The normalized spacial score (nSPS) is 17.6. The fraction of sp³-hybridized carbons (Fsp3) is 0.333. The van der Waals surface area contributed by atoms with Crippen molar-refractivity contribution in [3.63, 3.8) is 0 Å². The number of ether oxygens (including phenoxy) is 1. The first-order valence-corrected chi connectivity index (χ1v) is 11.5. The molecule has 1 saturated heterocycles. The number of anilines is 1. The molecule has 2 aliphatic heterocycles. The van der Waals surface area contributed by atoms with Crippen LogP contribution in [0.4, 0.5) is 10.1 Å². The summed E-state index contributed by atoms with van der Waals surface area (Å²) in [5.74, 6) is 1.25. The molecule has 0 unspecified atom stereocenters. The number of halogens is 2. The van der Waals surface area contributed by atoms with Gasteiger partial charge in [0, 0.05) is 31.0 Å². The van der Waals surface area contributed by atoms with Crippen LogP contribution in [0.5, 0.6) is 5.75 Å². The van der Waals surface area contributed by atoms with Crippen LogP contribution in [0.1, 0.15) is 42.5 Å². The van der Waals surface area contributed by atoms with E-state index in [2.05, 4.69) is 15.2 Å². The number of benzene rings is 2. The van der Waals surface area contributed by atoms with Gasteiger partial charge in [0.2, 0.25) is 5.91 Å². The predicted molar refractivity (Wildman–Crippen MR) is 123 cm³/mol. The number of fused-ring (bicyclic) bond motifs is 1. The van der Waals surface area contributed by atoms with Gasteiger partial charge in [-0.25, -0.2) is 9.37 Å². The van der Waals surface area contributed by atoms with Gasteiger partial charge >= 0.3 is 0 Å². The molecule has 176 valence electrons. The minimum absolute atomic E-state index is 0.0599. The van der Waals surface area contributed by atoms with E-state index in [0.29, 0.717) is 41.1 Å². The largest absolute Gasteiger partial charge is 0.482 e. The topological polar surface area (TPSA) is 91.4 Å². The number of aromatic amines is 1. The molecular weight excluding hydrogens is 461 g/mol. The highest BCUT2D eigenvalue weighted by Crippen LogP contribution is 2.35. The third-order valence-corrected chi connectivity index (χ3v) is 6.35. The van der Waals surface area contributed by atoms with E-state index in [1.165, 1.54) is 12.1 Å². The number of hydrogen-bond acceptors (Lipinski definition) is 5. The van der Waals surface area contributed by atoms with Crippen molar-refractivity contribution in [2.45, 2.75) is 31.7 Å². The van der Waals surface area contributed by atoms with Crippen molar-refractivity contribution in [2.75, 3.05) is 24.6 Å². The number of nitrogens with zero attached hydrogens (tertiary/aromatic N) is 4. The summed E-state index contributed by atoms with van der Waals surface area (Å²) in [6.07, 6.45) is 2.29. The van der Waals surface area contributed by atoms with Crippen LogP contribution in [0.3, 0.4) is 0 Å². The molecule has 0 radical (unpaired) electrons. The molecule has 0 aliphatic carbocycles. The van der Waals surface area contributed by atoms with Crippen LogP contribution >= 0.6 is 11.6 Å². The first-order valence-electron chi connectivity index (χ1n) is 11.2. The standard InChI is InChI=1S/C24H23ClFN5O3/c25-16-5-8-20-19(13-16)31(23(33)14-34-20)11-9-22(32)30-10-1-2-18(30)24-27-21(28-29-24)12-15-3-6-17(26)7-4-15/h3-8,13,18H,1-2,9-12,14H2,(H,27,28,29)/t18-/m0/s1. The highest BCUT2D eigenvalue weighted by Gasteiger charge is 2.34. The zero-order valence-electron chi connectivity index (χ0n) is 18.3. The predicted octanol–water partition coefficient (Wildman–Crippen LogP) is 3.67. The highest BCUT2D eigenvalue weighted by molar-refractivity contribution is 6.31. The zero-order valence-corrected chi connectivity index (χ0v) is 19.1. The van der Waals surface area contributed by atoms with Gasteiger partial charge in [-0.3, -0.25) is 14.7 Å². The Morgan fingerprint density at radius 2 is 2.06 bits per heavy atom. The van der Waals surface area contributed by atoms with E-state index in [1.807, 2.05) is 0 Å². The van der Waals surface area contributed by atoms with Crippen molar-refractivity contribution >= 4 is 29.1 Å². The average Bonchev–Trinajstić information content (AvgIpc) is 3.49. The van der Waals surface area contributed by atoms with Crippen molar-refractivity contribution in [3.8, 4) is 5.75 Å². The van der Waals surface area contributed by atoms with Gasteiger partial charge in [0.15, 0.2) is 12.4 Å². The SMILES string of the molecule is O=C1COc2ccc(Cl)cc2N1CCC(=O)N1CCC[C@H]1c1n[nH]c(Cc2ccc(F)cc2)n1. The maximum Gasteiger partial charge on any atom is 0.265 e. The highest BCUT2D eigenvalue weighted by atomic mass is 35.5. The number of likely N-dealkylation sites (tertiary alicyclic amines) is 1. The third-order valence-electron chi connectivity index (χ3n) is 6.12. The van der Waals surface area contributed by atoms with Gasteiger partial charge in [-0.2, -0.15) is 5.10 Å². The molecule has 1 N–H and O–H groups in total. The van der Waals surface area contributed by atoms with E-state index in [4.69, 9.17) is 16.3 Å². The molecule has 1 atom stereocenters. The van der Waals surface area contributed by atoms with Crippen LogP contribution in [0, 0.1) is 5.82 Å². The summed E-state index contributed by atoms with van der Waals surface area (Å²) < 4.78 is 18.6. The maximum absolute atomic E-state index is 13.1. The van der Waals surface area contributed by atoms with Crippen molar-refractivity contribution in [1.82, 2.24) is 20.1 Å². The van der Waals surface area contributed by atoms with Crippen LogP contribution < -0.4 is 9.64 Å². The van der Waals surface area contributed by atoms with E-state index in [1.54, 1.807) is 40.1 Å². The Bertz CT molecular complexity index is 1220. The molecule has 10 heteroatoms. The number of carbonyl (C=O) groups is 2. The third kappa shape index (κ3) is 4.61. The molecule has 8 nitrogen and oxygen atoms in total. The van der Waals surface area contributed by atoms with Gasteiger partial charge in [-0.05, 0) is 48.7 Å². The Morgan fingerprint density at radius 3 is 2.88 bits per heavy atom. The second kappa shape index (κ2) is 9.42. The summed E-state index contributed by atoms with van der Waals surface area (Å²) in [4.78, 5) is 33.5. The molecule has 3 heterocycles. The summed E-state index contributed by atoms with van der Waals surface area (Å²) in [7, 11) is 0. The van der Waals surface area contributed by atoms with Gasteiger partial charge in [0.1, 0.15) is 17.4 Å². The fourth-order valence-electron chi connectivity index (χ4n) is 4.44. The molecule has 5 rings (SSSR count). The van der Waals surface area contributed by atoms with Gasteiger partial charge in [0.25, 0.3) is 5.91 Å². The number of rotatable bonds is 6. The van der Waals surface area contributed by atoms with Gasteiger partial charge in [-0.15, -0.1) is 0 Å². The summed E-state index contributed by atoms with van der Waals surface area (Å²) in [5, 5.41) is 7.78. The average molecular weight is 484 g/mol. The molecule has 2 aromatic carbocycles. The molecule has 3 aromatic rings. The Labute approximate surface area is 200 Å². The fourth-order valence-corrected chi connectivity index (χ4v) is 4.61. The lowest BCUT2D eigenvalue weighted by Crippen LogP contribution is -2.41. The van der Waals surface area contributed by atoms with Crippen molar-refractivity contribution in [1.29, 1.82) is 0 Å². The summed E-state index contributed by atoms with van der Waals surface area (Å²) in [5.41, 5.74) is 1.49. The lowest BCUT2D eigenvalue weighted by atomic mass is 10.1. The van der Waals surface area contributed by atoms with Gasteiger partial charge in [0.05, 0.1) is 11.7 Å². The van der Waals surface area contributed by atoms with E-state index in [0.717, 1.165) is 18.4 Å². The van der Waals surface area contributed by atoms with Crippen LogP contribution in [-0.2, 0) is 16.0 Å². The quantitative estimate of drug-likeness (QED) is 0.577. The summed E-state index contributed by atoms with van der Waals surface area (Å²) in [6.45, 7) is 0.787. The molecule has 1 aromatic heterocycles. The molecule has 0 spiro atoms. The molecule has 2 amide bonds. The number of aromatic nitrogens is 3. The minimum atomic E-state index is -0.285. The Morgan fingerprint density at radius 1 is 1.24 bits per heavy atom. The second-order valence-corrected chi connectivity index (χ2v) is 8.82. The molecule has 2 aliphatic rings. The van der Waals surface area contributed by atoms with Crippen molar-refractivity contribution in [3.05, 3.63) is 70.5 Å². The minimum Gasteiger partial charge on any atom is -0.482 e. The Balaban J connectivity index is 1.24. The van der Waals surface area contributed by atoms with E-state index in [9.17, 15) is 14.0 Å². The molecule has 1 fully saturated rings. The smallest absolute Gasteiger partial charge is 0.265 e.